The van der Waals surface area contributed by atoms with E-state index in [2.05, 4.69) is 5.32 Å². The average Bonchev–Trinajstić information content (AvgIpc) is 2.13. The van der Waals surface area contributed by atoms with Gasteiger partial charge in [-0.15, -0.1) is 0 Å². The molecule has 5 N–H and O–H groups in total. The fourth-order valence-corrected chi connectivity index (χ4v) is 1.16. The highest BCUT2D eigenvalue weighted by Crippen LogP contribution is 2.09. The van der Waals surface area contributed by atoms with Crippen molar-refractivity contribution in [2.45, 2.75) is 44.8 Å². The first-order chi connectivity index (χ1) is 7.13. The third-order valence-corrected chi connectivity index (χ3v) is 2.34. The SMILES string of the molecule is CCCC(C)(N)C(=O)NCC(C)(O)C(=O)O. The summed E-state index contributed by atoms with van der Waals surface area (Å²) in [6, 6.07) is 0. The second-order valence-electron chi connectivity index (χ2n) is 4.43. The molecule has 94 valence electrons. The molecule has 0 fully saturated rings. The van der Waals surface area contributed by atoms with Gasteiger partial charge in [-0.25, -0.2) is 4.79 Å². The molecule has 0 rings (SSSR count). The highest BCUT2D eigenvalue weighted by molar-refractivity contribution is 5.86. The number of rotatable bonds is 6. The minimum absolute atomic E-state index is 0.363. The van der Waals surface area contributed by atoms with E-state index < -0.39 is 23.0 Å². The van der Waals surface area contributed by atoms with Gasteiger partial charge in [0.05, 0.1) is 12.1 Å². The van der Waals surface area contributed by atoms with Crippen molar-refractivity contribution in [3.8, 4) is 0 Å². The topological polar surface area (TPSA) is 113 Å². The molecule has 2 unspecified atom stereocenters. The van der Waals surface area contributed by atoms with E-state index >= 15 is 0 Å². The maximum absolute atomic E-state index is 11.6. The number of carbonyl (C=O) groups excluding carboxylic acids is 1. The molecule has 0 aliphatic rings. The van der Waals surface area contributed by atoms with Crippen LogP contribution in [0.15, 0.2) is 0 Å². The lowest BCUT2D eigenvalue weighted by Crippen LogP contribution is -2.55. The second kappa shape index (κ2) is 5.27. The van der Waals surface area contributed by atoms with Gasteiger partial charge in [-0.1, -0.05) is 13.3 Å². The molecule has 6 heteroatoms. The average molecular weight is 232 g/mol. The molecule has 2 atom stereocenters. The van der Waals surface area contributed by atoms with Crippen molar-refractivity contribution in [2.24, 2.45) is 5.73 Å². The maximum Gasteiger partial charge on any atom is 0.337 e. The number of nitrogens with two attached hydrogens (primary N) is 1. The Morgan fingerprint density at radius 1 is 1.38 bits per heavy atom. The van der Waals surface area contributed by atoms with Crippen molar-refractivity contribution in [3.05, 3.63) is 0 Å². The van der Waals surface area contributed by atoms with Gasteiger partial charge in [-0.3, -0.25) is 4.79 Å². The Bertz CT molecular complexity index is 274. The van der Waals surface area contributed by atoms with Gasteiger partial charge in [0.1, 0.15) is 0 Å². The van der Waals surface area contributed by atoms with Gasteiger partial charge >= 0.3 is 5.97 Å². The van der Waals surface area contributed by atoms with Gasteiger partial charge in [-0.2, -0.15) is 0 Å². The summed E-state index contributed by atoms with van der Waals surface area (Å²) in [7, 11) is 0. The molecule has 0 saturated carbocycles. The van der Waals surface area contributed by atoms with Crippen molar-refractivity contribution in [2.75, 3.05) is 6.54 Å². The number of aliphatic hydroxyl groups is 1. The highest BCUT2D eigenvalue weighted by Gasteiger charge is 2.33. The monoisotopic (exact) mass is 232 g/mol. The first-order valence-corrected chi connectivity index (χ1v) is 5.16. The van der Waals surface area contributed by atoms with Crippen LogP contribution in [-0.2, 0) is 9.59 Å². The number of amides is 1. The van der Waals surface area contributed by atoms with Crippen LogP contribution >= 0.6 is 0 Å². The third kappa shape index (κ3) is 4.16. The van der Waals surface area contributed by atoms with Crippen molar-refractivity contribution >= 4 is 11.9 Å². The van der Waals surface area contributed by atoms with Gasteiger partial charge in [0.2, 0.25) is 5.91 Å². The fourth-order valence-electron chi connectivity index (χ4n) is 1.16. The molecular weight excluding hydrogens is 212 g/mol. The lowest BCUT2D eigenvalue weighted by molar-refractivity contribution is -0.156. The molecule has 6 nitrogen and oxygen atoms in total. The molecular formula is C10H20N2O4. The minimum Gasteiger partial charge on any atom is -0.479 e. The molecule has 0 aromatic carbocycles. The van der Waals surface area contributed by atoms with E-state index in [-0.39, 0.29) is 6.54 Å². The van der Waals surface area contributed by atoms with Crippen LogP contribution in [0.2, 0.25) is 0 Å². The maximum atomic E-state index is 11.6. The summed E-state index contributed by atoms with van der Waals surface area (Å²) in [4.78, 5) is 22.2. The summed E-state index contributed by atoms with van der Waals surface area (Å²) in [6.45, 7) is 4.22. The fraction of sp³-hybridized carbons (Fsp3) is 0.800. The summed E-state index contributed by atoms with van der Waals surface area (Å²) < 4.78 is 0. The largest absolute Gasteiger partial charge is 0.479 e. The van der Waals surface area contributed by atoms with E-state index in [0.717, 1.165) is 13.3 Å². The van der Waals surface area contributed by atoms with Crippen LogP contribution in [0.3, 0.4) is 0 Å². The molecule has 0 aromatic heterocycles. The zero-order valence-corrected chi connectivity index (χ0v) is 9.91. The van der Waals surface area contributed by atoms with E-state index in [1.807, 2.05) is 6.92 Å². The normalized spacial score (nSPS) is 18.3. The number of aliphatic carboxylic acids is 1. The predicted molar refractivity (Wildman–Crippen MR) is 58.8 cm³/mol. The molecule has 0 spiro atoms. The Hall–Kier alpha value is -1.14. The quantitative estimate of drug-likeness (QED) is 0.491. The van der Waals surface area contributed by atoms with E-state index in [9.17, 15) is 14.7 Å². The van der Waals surface area contributed by atoms with E-state index in [1.165, 1.54) is 0 Å². The van der Waals surface area contributed by atoms with Crippen LogP contribution in [0.4, 0.5) is 0 Å². The lowest BCUT2D eigenvalue weighted by Gasteiger charge is -2.25. The van der Waals surface area contributed by atoms with Crippen LogP contribution in [0.5, 0.6) is 0 Å². The molecule has 0 aliphatic carbocycles. The van der Waals surface area contributed by atoms with Crippen LogP contribution in [0.1, 0.15) is 33.6 Å². The van der Waals surface area contributed by atoms with E-state index in [1.54, 1.807) is 6.92 Å². The molecule has 1 amide bonds. The van der Waals surface area contributed by atoms with Crippen molar-refractivity contribution < 1.29 is 19.8 Å². The Kier molecular flexibility index (Phi) is 4.89. The van der Waals surface area contributed by atoms with Gasteiger partial charge in [-0.05, 0) is 20.3 Å². The van der Waals surface area contributed by atoms with Crippen LogP contribution in [-0.4, -0.2) is 39.8 Å². The molecule has 0 bridgehead atoms. The molecule has 0 aromatic rings. The highest BCUT2D eigenvalue weighted by atomic mass is 16.4. The number of hydrogen-bond donors (Lipinski definition) is 4. The third-order valence-electron chi connectivity index (χ3n) is 2.34. The second-order valence-corrected chi connectivity index (χ2v) is 4.43. The summed E-state index contributed by atoms with van der Waals surface area (Å²) in [6.07, 6.45) is 1.24. The number of carbonyl (C=O) groups is 2. The van der Waals surface area contributed by atoms with Crippen molar-refractivity contribution in [1.29, 1.82) is 0 Å². The number of hydrogen-bond acceptors (Lipinski definition) is 4. The summed E-state index contributed by atoms with van der Waals surface area (Å²) in [5.41, 5.74) is 2.72. The number of carboxylic acids is 1. The Morgan fingerprint density at radius 3 is 2.25 bits per heavy atom. The van der Waals surface area contributed by atoms with Crippen molar-refractivity contribution in [1.82, 2.24) is 5.32 Å². The first-order valence-electron chi connectivity index (χ1n) is 5.16. The Morgan fingerprint density at radius 2 is 1.88 bits per heavy atom. The van der Waals surface area contributed by atoms with Crippen LogP contribution in [0, 0.1) is 0 Å². The van der Waals surface area contributed by atoms with E-state index in [0.29, 0.717) is 6.42 Å². The van der Waals surface area contributed by atoms with Gasteiger partial charge in [0.15, 0.2) is 5.60 Å². The van der Waals surface area contributed by atoms with Crippen molar-refractivity contribution in [3.63, 3.8) is 0 Å². The van der Waals surface area contributed by atoms with E-state index in [4.69, 9.17) is 10.8 Å². The summed E-state index contributed by atoms with van der Waals surface area (Å²) in [5.74, 6) is -1.85. The predicted octanol–water partition coefficient (Wildman–Crippen LogP) is -0.544. The smallest absolute Gasteiger partial charge is 0.337 e. The molecule has 16 heavy (non-hydrogen) atoms. The lowest BCUT2D eigenvalue weighted by atomic mass is 9.96. The molecule has 0 radical (unpaired) electrons. The number of carboxylic acid groups (broad SMARTS) is 1. The van der Waals surface area contributed by atoms with Crippen LogP contribution < -0.4 is 11.1 Å². The van der Waals surface area contributed by atoms with Gasteiger partial charge in [0, 0.05) is 0 Å². The summed E-state index contributed by atoms with van der Waals surface area (Å²) in [5, 5.41) is 20.3. The number of nitrogens with one attached hydrogen (secondary N) is 1. The van der Waals surface area contributed by atoms with Gasteiger partial charge in [0.25, 0.3) is 0 Å². The Balaban J connectivity index is 4.33. The standard InChI is InChI=1S/C10H20N2O4/c1-4-5-9(2,11)7(13)12-6-10(3,16)8(14)15/h16H,4-6,11H2,1-3H3,(H,12,13)(H,14,15). The van der Waals surface area contributed by atoms with Crippen LogP contribution in [0.25, 0.3) is 0 Å². The molecule has 0 heterocycles. The zero-order valence-electron chi connectivity index (χ0n) is 9.91. The van der Waals surface area contributed by atoms with Gasteiger partial charge < -0.3 is 21.3 Å². The molecule has 0 aliphatic heterocycles. The first kappa shape index (κ1) is 14.9. The molecule has 0 saturated heterocycles. The summed E-state index contributed by atoms with van der Waals surface area (Å²) >= 11 is 0. The Labute approximate surface area is 94.8 Å². The zero-order chi connectivity index (χ0) is 13.0. The minimum atomic E-state index is -1.97.